The van der Waals surface area contributed by atoms with Crippen LogP contribution in [0.3, 0.4) is 0 Å². The van der Waals surface area contributed by atoms with Crippen molar-refractivity contribution >= 4 is 15.9 Å². The monoisotopic (exact) mass is 279 g/mol. The number of nitrogens with zero attached hydrogens (tertiary/aromatic N) is 2. The van der Waals surface area contributed by atoms with Gasteiger partial charge in [0.25, 0.3) is 0 Å². The minimum absolute atomic E-state index is 0.0122. The SMILES string of the molecule is Cn1nccc1C(N)Cc1cccc(Br)c1. The number of benzene rings is 1. The Bertz CT molecular complexity index is 479. The summed E-state index contributed by atoms with van der Waals surface area (Å²) >= 11 is 3.46. The second-order valence-electron chi connectivity index (χ2n) is 3.82. The summed E-state index contributed by atoms with van der Waals surface area (Å²) in [6.45, 7) is 0. The van der Waals surface area contributed by atoms with Gasteiger partial charge in [-0.1, -0.05) is 28.1 Å². The van der Waals surface area contributed by atoms with Gasteiger partial charge in [0, 0.05) is 17.7 Å². The second-order valence-corrected chi connectivity index (χ2v) is 4.74. The molecule has 2 rings (SSSR count). The number of hydrogen-bond acceptors (Lipinski definition) is 2. The zero-order chi connectivity index (χ0) is 11.5. The van der Waals surface area contributed by atoms with Crippen molar-refractivity contribution in [2.45, 2.75) is 12.5 Å². The Labute approximate surface area is 103 Å². The zero-order valence-corrected chi connectivity index (χ0v) is 10.7. The van der Waals surface area contributed by atoms with Gasteiger partial charge in [-0.3, -0.25) is 4.68 Å². The lowest BCUT2D eigenvalue weighted by molar-refractivity contribution is 0.617. The van der Waals surface area contributed by atoms with Gasteiger partial charge in [0.05, 0.1) is 11.7 Å². The van der Waals surface area contributed by atoms with Gasteiger partial charge in [0.2, 0.25) is 0 Å². The molecule has 1 unspecified atom stereocenters. The Morgan fingerprint density at radius 2 is 2.25 bits per heavy atom. The second kappa shape index (κ2) is 4.80. The summed E-state index contributed by atoms with van der Waals surface area (Å²) in [5, 5.41) is 4.12. The van der Waals surface area contributed by atoms with E-state index < -0.39 is 0 Å². The summed E-state index contributed by atoms with van der Waals surface area (Å²) in [7, 11) is 1.91. The third kappa shape index (κ3) is 2.51. The zero-order valence-electron chi connectivity index (χ0n) is 9.10. The molecule has 0 radical (unpaired) electrons. The lowest BCUT2D eigenvalue weighted by Crippen LogP contribution is -2.17. The van der Waals surface area contributed by atoms with Gasteiger partial charge in [-0.15, -0.1) is 0 Å². The number of nitrogens with two attached hydrogens (primary N) is 1. The van der Waals surface area contributed by atoms with Crippen molar-refractivity contribution in [1.82, 2.24) is 9.78 Å². The van der Waals surface area contributed by atoms with E-state index in [0.29, 0.717) is 0 Å². The van der Waals surface area contributed by atoms with Gasteiger partial charge in [-0.25, -0.2) is 0 Å². The molecule has 16 heavy (non-hydrogen) atoms. The molecule has 0 bridgehead atoms. The highest BCUT2D eigenvalue weighted by Gasteiger charge is 2.10. The van der Waals surface area contributed by atoms with Crippen molar-refractivity contribution in [3.8, 4) is 0 Å². The molecule has 0 aliphatic carbocycles. The van der Waals surface area contributed by atoms with Crippen LogP contribution in [0.2, 0.25) is 0 Å². The first-order valence-electron chi connectivity index (χ1n) is 5.15. The van der Waals surface area contributed by atoms with Crippen LogP contribution in [0.4, 0.5) is 0 Å². The number of aryl methyl sites for hydroxylation is 1. The number of hydrogen-bond donors (Lipinski definition) is 1. The van der Waals surface area contributed by atoms with Crippen molar-refractivity contribution < 1.29 is 0 Å². The predicted molar refractivity (Wildman–Crippen MR) is 68.0 cm³/mol. The molecule has 1 atom stereocenters. The lowest BCUT2D eigenvalue weighted by atomic mass is 10.0. The lowest BCUT2D eigenvalue weighted by Gasteiger charge is -2.12. The fourth-order valence-corrected chi connectivity index (χ4v) is 2.22. The maximum atomic E-state index is 6.15. The Kier molecular flexibility index (Phi) is 3.41. The van der Waals surface area contributed by atoms with Crippen LogP contribution in [-0.2, 0) is 13.5 Å². The first-order chi connectivity index (χ1) is 7.66. The molecule has 0 aliphatic rings. The normalized spacial score (nSPS) is 12.7. The van der Waals surface area contributed by atoms with Gasteiger partial charge in [0.15, 0.2) is 0 Å². The molecule has 0 saturated carbocycles. The van der Waals surface area contributed by atoms with Crippen LogP contribution < -0.4 is 5.73 Å². The molecule has 0 spiro atoms. The molecule has 0 fully saturated rings. The van der Waals surface area contributed by atoms with E-state index in [1.165, 1.54) is 5.56 Å². The van der Waals surface area contributed by atoms with E-state index in [4.69, 9.17) is 5.73 Å². The standard InChI is InChI=1S/C12H14BrN3/c1-16-12(5-6-15-16)11(14)8-9-3-2-4-10(13)7-9/h2-7,11H,8,14H2,1H3. The number of halogens is 1. The van der Waals surface area contributed by atoms with Crippen molar-refractivity contribution in [3.63, 3.8) is 0 Å². The highest BCUT2D eigenvalue weighted by molar-refractivity contribution is 9.10. The molecule has 4 heteroatoms. The van der Waals surface area contributed by atoms with E-state index in [1.807, 2.05) is 29.9 Å². The average Bonchev–Trinajstić information content (AvgIpc) is 2.64. The Balaban J connectivity index is 2.14. The fourth-order valence-electron chi connectivity index (χ4n) is 1.77. The van der Waals surface area contributed by atoms with Crippen LogP contribution in [0.1, 0.15) is 17.3 Å². The molecular formula is C12H14BrN3. The van der Waals surface area contributed by atoms with Gasteiger partial charge >= 0.3 is 0 Å². The van der Waals surface area contributed by atoms with Crippen LogP contribution >= 0.6 is 15.9 Å². The highest BCUT2D eigenvalue weighted by Crippen LogP contribution is 2.18. The number of rotatable bonds is 3. The summed E-state index contributed by atoms with van der Waals surface area (Å²) in [6, 6.07) is 10.2. The molecule has 2 aromatic rings. The molecule has 0 saturated heterocycles. The highest BCUT2D eigenvalue weighted by atomic mass is 79.9. The molecular weight excluding hydrogens is 266 g/mol. The maximum Gasteiger partial charge on any atom is 0.0551 e. The largest absolute Gasteiger partial charge is 0.322 e. The molecule has 1 aromatic heterocycles. The molecule has 84 valence electrons. The summed E-state index contributed by atoms with van der Waals surface area (Å²) in [5.74, 6) is 0. The first-order valence-corrected chi connectivity index (χ1v) is 5.94. The Morgan fingerprint density at radius 1 is 1.44 bits per heavy atom. The third-order valence-electron chi connectivity index (χ3n) is 2.58. The van der Waals surface area contributed by atoms with Crippen molar-refractivity contribution in [2.75, 3.05) is 0 Å². The van der Waals surface area contributed by atoms with E-state index in [0.717, 1.165) is 16.6 Å². The smallest absolute Gasteiger partial charge is 0.0551 e. The van der Waals surface area contributed by atoms with Crippen LogP contribution in [0.15, 0.2) is 41.0 Å². The third-order valence-corrected chi connectivity index (χ3v) is 3.08. The molecule has 1 aromatic carbocycles. The fraction of sp³-hybridized carbons (Fsp3) is 0.250. The van der Waals surface area contributed by atoms with Crippen LogP contribution in [-0.4, -0.2) is 9.78 Å². The van der Waals surface area contributed by atoms with Crippen molar-refractivity contribution in [1.29, 1.82) is 0 Å². The predicted octanol–water partition coefficient (Wildman–Crippen LogP) is 2.43. The minimum Gasteiger partial charge on any atom is -0.322 e. The molecule has 0 aliphatic heterocycles. The van der Waals surface area contributed by atoms with Crippen molar-refractivity contribution in [2.24, 2.45) is 12.8 Å². The number of aromatic nitrogens is 2. The summed E-state index contributed by atoms with van der Waals surface area (Å²) in [6.07, 6.45) is 2.59. The molecule has 2 N–H and O–H groups in total. The topological polar surface area (TPSA) is 43.8 Å². The van der Waals surface area contributed by atoms with Crippen molar-refractivity contribution in [3.05, 3.63) is 52.3 Å². The molecule has 0 amide bonds. The van der Waals surface area contributed by atoms with E-state index >= 15 is 0 Å². The summed E-state index contributed by atoms with van der Waals surface area (Å²) < 4.78 is 2.91. The first kappa shape index (κ1) is 11.4. The average molecular weight is 280 g/mol. The maximum absolute atomic E-state index is 6.15. The Morgan fingerprint density at radius 3 is 2.88 bits per heavy atom. The minimum atomic E-state index is -0.0122. The van der Waals surface area contributed by atoms with Crippen LogP contribution in [0.5, 0.6) is 0 Å². The van der Waals surface area contributed by atoms with E-state index in [9.17, 15) is 0 Å². The van der Waals surface area contributed by atoms with E-state index in [1.54, 1.807) is 6.20 Å². The van der Waals surface area contributed by atoms with Gasteiger partial charge in [0.1, 0.15) is 0 Å². The van der Waals surface area contributed by atoms with Crippen LogP contribution in [0, 0.1) is 0 Å². The molecule has 1 heterocycles. The summed E-state index contributed by atoms with van der Waals surface area (Å²) in [5.41, 5.74) is 8.43. The van der Waals surface area contributed by atoms with E-state index in [2.05, 4.69) is 33.2 Å². The van der Waals surface area contributed by atoms with Crippen LogP contribution in [0.25, 0.3) is 0 Å². The van der Waals surface area contributed by atoms with Gasteiger partial charge < -0.3 is 5.73 Å². The van der Waals surface area contributed by atoms with Gasteiger partial charge in [-0.2, -0.15) is 5.10 Å². The van der Waals surface area contributed by atoms with Gasteiger partial charge in [-0.05, 0) is 30.2 Å². The van der Waals surface area contributed by atoms with E-state index in [-0.39, 0.29) is 6.04 Å². The Hall–Kier alpha value is -1.13. The molecule has 3 nitrogen and oxygen atoms in total. The summed E-state index contributed by atoms with van der Waals surface area (Å²) in [4.78, 5) is 0. The quantitative estimate of drug-likeness (QED) is 0.938.